The van der Waals surface area contributed by atoms with Crippen LogP contribution in [0.25, 0.3) is 0 Å². The molecule has 2 heterocycles. The first kappa shape index (κ1) is 20.9. The van der Waals surface area contributed by atoms with Crippen LogP contribution in [0, 0.1) is 5.92 Å². The third-order valence-electron chi connectivity index (χ3n) is 5.39. The van der Waals surface area contributed by atoms with Crippen molar-refractivity contribution in [3.05, 3.63) is 12.2 Å². The molecule has 2 aliphatic rings. The van der Waals surface area contributed by atoms with Gasteiger partial charge in [0.05, 0.1) is 0 Å². The Balaban J connectivity index is 1.68. The fourth-order valence-electron chi connectivity index (χ4n) is 3.75. The summed E-state index contributed by atoms with van der Waals surface area (Å²) in [6.45, 7) is 15.7. The van der Waals surface area contributed by atoms with Gasteiger partial charge in [-0.2, -0.15) is 0 Å². The van der Waals surface area contributed by atoms with Crippen molar-refractivity contribution in [2.75, 3.05) is 45.8 Å². The van der Waals surface area contributed by atoms with Crippen LogP contribution in [-0.4, -0.2) is 84.4 Å². The van der Waals surface area contributed by atoms with Crippen LogP contribution >= 0.6 is 0 Å². The summed E-state index contributed by atoms with van der Waals surface area (Å²) in [5, 5.41) is 2.76. The van der Waals surface area contributed by atoms with Crippen LogP contribution < -0.4 is 5.32 Å². The number of hydrogen-bond acceptors (Lipinski definition) is 4. The number of hydrogen-bond donors (Lipinski definition) is 1. The Morgan fingerprint density at radius 2 is 1.58 bits per heavy atom. The molecule has 2 amide bonds. The van der Waals surface area contributed by atoms with Crippen molar-refractivity contribution < 1.29 is 9.59 Å². The molecule has 148 valence electrons. The Labute approximate surface area is 158 Å². The van der Waals surface area contributed by atoms with Gasteiger partial charge >= 0.3 is 0 Å². The predicted molar refractivity (Wildman–Crippen MR) is 105 cm³/mol. The molecule has 2 aliphatic heterocycles. The number of amides is 2. The van der Waals surface area contributed by atoms with E-state index in [1.807, 2.05) is 18.7 Å². The van der Waals surface area contributed by atoms with Gasteiger partial charge in [0.25, 0.3) is 0 Å². The van der Waals surface area contributed by atoms with Crippen LogP contribution in [0.4, 0.5) is 0 Å². The molecule has 0 spiro atoms. The minimum absolute atomic E-state index is 0.0482. The van der Waals surface area contributed by atoms with Crippen LogP contribution in [-0.2, 0) is 9.59 Å². The topological polar surface area (TPSA) is 55.9 Å². The molecular formula is C20H36N4O2. The molecule has 1 N–H and O–H groups in total. The maximum absolute atomic E-state index is 12.2. The third kappa shape index (κ3) is 6.72. The quantitative estimate of drug-likeness (QED) is 0.723. The maximum Gasteiger partial charge on any atom is 0.246 e. The average Bonchev–Trinajstić information content (AvgIpc) is 2.60. The van der Waals surface area contributed by atoms with Crippen molar-refractivity contribution in [3.63, 3.8) is 0 Å². The highest BCUT2D eigenvalue weighted by molar-refractivity contribution is 5.96. The fraction of sp³-hybridized carbons (Fsp3) is 0.800. The van der Waals surface area contributed by atoms with Crippen LogP contribution in [0.2, 0.25) is 0 Å². The smallest absolute Gasteiger partial charge is 0.246 e. The second kappa shape index (κ2) is 10.1. The van der Waals surface area contributed by atoms with Gasteiger partial charge in [0, 0.05) is 70.0 Å². The van der Waals surface area contributed by atoms with Crippen LogP contribution in [0.15, 0.2) is 12.2 Å². The predicted octanol–water partition coefficient (Wildman–Crippen LogP) is 1.33. The SMILES string of the molecule is CC(C)NC(=O)/C=C/C(=O)N1CCC(CN2CCN(C(C)C)CC2)CC1. The van der Waals surface area contributed by atoms with Crippen molar-refractivity contribution in [1.29, 1.82) is 0 Å². The lowest BCUT2D eigenvalue weighted by Crippen LogP contribution is -2.50. The molecule has 0 atom stereocenters. The second-order valence-electron chi connectivity index (χ2n) is 8.20. The molecule has 2 saturated heterocycles. The molecule has 0 aromatic heterocycles. The molecule has 0 radical (unpaired) electrons. The average molecular weight is 365 g/mol. The number of carbonyl (C=O) groups is 2. The molecular weight excluding hydrogens is 328 g/mol. The Bertz CT molecular complexity index is 488. The first-order valence-corrected chi connectivity index (χ1v) is 10.1. The maximum atomic E-state index is 12.2. The largest absolute Gasteiger partial charge is 0.350 e. The lowest BCUT2D eigenvalue weighted by Gasteiger charge is -2.40. The van der Waals surface area contributed by atoms with E-state index in [0.717, 1.165) is 58.7 Å². The highest BCUT2D eigenvalue weighted by Gasteiger charge is 2.25. The summed E-state index contributed by atoms with van der Waals surface area (Å²) in [6, 6.07) is 0.725. The van der Waals surface area contributed by atoms with Gasteiger partial charge in [0.2, 0.25) is 11.8 Å². The summed E-state index contributed by atoms with van der Waals surface area (Å²) in [5.41, 5.74) is 0. The number of likely N-dealkylation sites (tertiary alicyclic amines) is 1. The van der Waals surface area contributed by atoms with Gasteiger partial charge in [-0.3, -0.25) is 14.5 Å². The molecule has 2 fully saturated rings. The zero-order chi connectivity index (χ0) is 19.1. The van der Waals surface area contributed by atoms with E-state index in [4.69, 9.17) is 0 Å². The molecule has 0 aliphatic carbocycles. The first-order chi connectivity index (χ1) is 12.3. The first-order valence-electron chi connectivity index (χ1n) is 10.1. The minimum atomic E-state index is -0.205. The minimum Gasteiger partial charge on any atom is -0.350 e. The zero-order valence-electron chi connectivity index (χ0n) is 16.9. The molecule has 0 bridgehead atoms. The summed E-state index contributed by atoms with van der Waals surface area (Å²) in [4.78, 5) is 30.8. The van der Waals surface area contributed by atoms with E-state index in [1.54, 1.807) is 0 Å². The monoisotopic (exact) mass is 364 g/mol. The molecule has 0 aromatic rings. The Morgan fingerprint density at radius 3 is 2.12 bits per heavy atom. The van der Waals surface area contributed by atoms with E-state index >= 15 is 0 Å². The van der Waals surface area contributed by atoms with Crippen molar-refractivity contribution >= 4 is 11.8 Å². The van der Waals surface area contributed by atoms with E-state index < -0.39 is 0 Å². The number of piperidine rings is 1. The van der Waals surface area contributed by atoms with E-state index in [2.05, 4.69) is 29.0 Å². The molecule has 6 nitrogen and oxygen atoms in total. The summed E-state index contributed by atoms with van der Waals surface area (Å²) < 4.78 is 0. The summed E-state index contributed by atoms with van der Waals surface area (Å²) in [6.07, 6.45) is 4.87. The van der Waals surface area contributed by atoms with E-state index in [9.17, 15) is 9.59 Å². The third-order valence-corrected chi connectivity index (χ3v) is 5.39. The second-order valence-corrected chi connectivity index (χ2v) is 8.20. The highest BCUT2D eigenvalue weighted by atomic mass is 16.2. The van der Waals surface area contributed by atoms with Crippen LogP contribution in [0.5, 0.6) is 0 Å². The van der Waals surface area contributed by atoms with Gasteiger partial charge in [0.15, 0.2) is 0 Å². The van der Waals surface area contributed by atoms with Crippen molar-refractivity contribution in [1.82, 2.24) is 20.0 Å². The Hall–Kier alpha value is -1.40. The molecule has 0 saturated carbocycles. The number of nitrogens with zero attached hydrogens (tertiary/aromatic N) is 3. The van der Waals surface area contributed by atoms with Gasteiger partial charge < -0.3 is 15.1 Å². The number of carbonyl (C=O) groups excluding carboxylic acids is 2. The standard InChI is InChI=1S/C20H36N4O2/c1-16(2)21-19(25)5-6-20(26)24-9-7-18(8-10-24)15-22-11-13-23(14-12-22)17(3)4/h5-6,16-18H,7-15H2,1-4H3,(H,21,25)/b6-5+. The molecule has 26 heavy (non-hydrogen) atoms. The Morgan fingerprint density at radius 1 is 0.962 bits per heavy atom. The fourth-order valence-corrected chi connectivity index (χ4v) is 3.75. The lowest BCUT2D eigenvalue weighted by molar-refractivity contribution is -0.128. The molecule has 6 heteroatoms. The number of piperazine rings is 1. The molecule has 2 rings (SSSR count). The summed E-state index contributed by atoms with van der Waals surface area (Å²) >= 11 is 0. The van der Waals surface area contributed by atoms with Crippen molar-refractivity contribution in [2.45, 2.75) is 52.6 Å². The zero-order valence-corrected chi connectivity index (χ0v) is 16.9. The van der Waals surface area contributed by atoms with E-state index in [-0.39, 0.29) is 17.9 Å². The highest BCUT2D eigenvalue weighted by Crippen LogP contribution is 2.19. The van der Waals surface area contributed by atoms with Crippen LogP contribution in [0.3, 0.4) is 0 Å². The lowest BCUT2D eigenvalue weighted by atomic mass is 9.95. The van der Waals surface area contributed by atoms with Crippen molar-refractivity contribution in [3.8, 4) is 0 Å². The summed E-state index contributed by atoms with van der Waals surface area (Å²) in [5.74, 6) is 0.426. The van der Waals surface area contributed by atoms with Gasteiger partial charge in [-0.05, 0) is 46.5 Å². The molecule has 0 unspecified atom stereocenters. The van der Waals surface area contributed by atoms with E-state index in [0.29, 0.717) is 12.0 Å². The van der Waals surface area contributed by atoms with Gasteiger partial charge in [0.1, 0.15) is 0 Å². The van der Waals surface area contributed by atoms with Gasteiger partial charge in [-0.25, -0.2) is 0 Å². The normalized spacial score (nSPS) is 21.1. The molecule has 0 aromatic carbocycles. The van der Waals surface area contributed by atoms with E-state index in [1.165, 1.54) is 12.2 Å². The summed E-state index contributed by atoms with van der Waals surface area (Å²) in [7, 11) is 0. The van der Waals surface area contributed by atoms with Crippen LogP contribution in [0.1, 0.15) is 40.5 Å². The van der Waals surface area contributed by atoms with Gasteiger partial charge in [-0.15, -0.1) is 0 Å². The number of nitrogens with one attached hydrogen (secondary N) is 1. The Kier molecular flexibility index (Phi) is 8.10. The number of rotatable bonds is 6. The van der Waals surface area contributed by atoms with Crippen molar-refractivity contribution in [2.24, 2.45) is 5.92 Å². The van der Waals surface area contributed by atoms with Gasteiger partial charge in [-0.1, -0.05) is 0 Å².